The average molecular weight is 221 g/mol. The van der Waals surface area contributed by atoms with Crippen molar-refractivity contribution in [2.75, 3.05) is 4.90 Å². The van der Waals surface area contributed by atoms with Gasteiger partial charge in [0.25, 0.3) is 11.1 Å². The second-order valence-electron chi connectivity index (χ2n) is 3.49. The summed E-state index contributed by atoms with van der Waals surface area (Å²) >= 11 is 5.02. The van der Waals surface area contributed by atoms with Crippen LogP contribution in [0.3, 0.4) is 0 Å². The highest BCUT2D eigenvalue weighted by Crippen LogP contribution is 2.25. The van der Waals surface area contributed by atoms with Crippen molar-refractivity contribution in [3.63, 3.8) is 0 Å². The van der Waals surface area contributed by atoms with Gasteiger partial charge in [0.05, 0.1) is 5.69 Å². The van der Waals surface area contributed by atoms with Crippen molar-refractivity contribution < 1.29 is 9.53 Å². The van der Waals surface area contributed by atoms with E-state index in [1.165, 1.54) is 4.90 Å². The van der Waals surface area contributed by atoms with Crippen molar-refractivity contribution in [3.8, 4) is 0 Å². The van der Waals surface area contributed by atoms with E-state index in [2.05, 4.69) is 0 Å². The van der Waals surface area contributed by atoms with Gasteiger partial charge in [-0.2, -0.15) is 0 Å². The first kappa shape index (κ1) is 10.1. The van der Waals surface area contributed by atoms with E-state index in [0.717, 1.165) is 11.3 Å². The van der Waals surface area contributed by atoms with Crippen LogP contribution in [0.4, 0.5) is 5.69 Å². The number of benzene rings is 1. The van der Waals surface area contributed by atoms with Crippen molar-refractivity contribution in [3.05, 3.63) is 29.8 Å². The van der Waals surface area contributed by atoms with Gasteiger partial charge in [-0.25, -0.2) is 4.90 Å². The summed E-state index contributed by atoms with van der Waals surface area (Å²) in [6.45, 7) is 3.64. The van der Waals surface area contributed by atoms with E-state index >= 15 is 0 Å². The third kappa shape index (κ3) is 1.61. The fourth-order valence-electron chi connectivity index (χ4n) is 1.56. The molecule has 1 amide bonds. The standard InChI is InChI=1S/C11H11NO2S/c1-7-5-3-4-6-9(7)12-10(13)8(2)14-11(12)15/h3-6,8H,1-2H3. The van der Waals surface area contributed by atoms with Gasteiger partial charge >= 0.3 is 0 Å². The maximum atomic E-state index is 11.8. The molecule has 0 aromatic heterocycles. The molecule has 1 atom stereocenters. The normalized spacial score (nSPS) is 20.7. The number of carbonyl (C=O) groups excluding carboxylic acids is 1. The van der Waals surface area contributed by atoms with Crippen LogP contribution in [0.15, 0.2) is 24.3 Å². The predicted octanol–water partition coefficient (Wildman–Crippen LogP) is 2.03. The minimum absolute atomic E-state index is 0.102. The van der Waals surface area contributed by atoms with Crippen LogP contribution in [0, 0.1) is 6.92 Å². The summed E-state index contributed by atoms with van der Waals surface area (Å²) < 4.78 is 5.20. The summed E-state index contributed by atoms with van der Waals surface area (Å²) in [5.41, 5.74) is 1.81. The first-order chi connectivity index (χ1) is 7.11. The molecule has 1 aliphatic heterocycles. The Bertz CT molecular complexity index is 430. The molecule has 0 saturated carbocycles. The molecule has 4 heteroatoms. The number of carbonyl (C=O) groups is 1. The zero-order chi connectivity index (χ0) is 11.0. The van der Waals surface area contributed by atoms with Gasteiger partial charge in [-0.15, -0.1) is 0 Å². The maximum absolute atomic E-state index is 11.8. The van der Waals surface area contributed by atoms with Crippen LogP contribution in [-0.4, -0.2) is 17.2 Å². The molecule has 3 nitrogen and oxygen atoms in total. The number of thiocarbonyl (C=S) groups is 1. The predicted molar refractivity (Wildman–Crippen MR) is 61.8 cm³/mol. The van der Waals surface area contributed by atoms with Crippen LogP contribution < -0.4 is 4.90 Å². The van der Waals surface area contributed by atoms with Crippen LogP contribution in [0.2, 0.25) is 0 Å². The van der Waals surface area contributed by atoms with Crippen molar-refractivity contribution in [1.29, 1.82) is 0 Å². The Morgan fingerprint density at radius 1 is 1.40 bits per heavy atom. The number of rotatable bonds is 1. The Balaban J connectivity index is 2.44. The number of ether oxygens (including phenoxy) is 1. The van der Waals surface area contributed by atoms with Crippen molar-refractivity contribution in [2.45, 2.75) is 20.0 Å². The largest absolute Gasteiger partial charge is 0.457 e. The SMILES string of the molecule is Cc1ccccc1N1C(=O)C(C)OC1=S. The average Bonchev–Trinajstić information content (AvgIpc) is 2.43. The third-order valence-corrected chi connectivity index (χ3v) is 2.66. The Hall–Kier alpha value is -1.42. The molecule has 78 valence electrons. The van der Waals surface area contributed by atoms with Gasteiger partial charge in [0.2, 0.25) is 0 Å². The second kappa shape index (κ2) is 3.62. The van der Waals surface area contributed by atoms with Crippen LogP contribution in [-0.2, 0) is 9.53 Å². The number of aryl methyl sites for hydroxylation is 1. The van der Waals surface area contributed by atoms with Crippen molar-refractivity contribution >= 4 is 29.0 Å². The molecular weight excluding hydrogens is 210 g/mol. The molecule has 2 rings (SSSR count). The van der Waals surface area contributed by atoms with E-state index in [4.69, 9.17) is 17.0 Å². The molecule has 1 aromatic rings. The number of hydrogen-bond donors (Lipinski definition) is 0. The van der Waals surface area contributed by atoms with E-state index in [0.29, 0.717) is 0 Å². The topological polar surface area (TPSA) is 29.5 Å². The molecule has 0 radical (unpaired) electrons. The van der Waals surface area contributed by atoms with Crippen LogP contribution in [0.25, 0.3) is 0 Å². The van der Waals surface area contributed by atoms with E-state index < -0.39 is 6.10 Å². The summed E-state index contributed by atoms with van der Waals surface area (Å²) in [6.07, 6.45) is -0.475. The number of nitrogens with zero attached hydrogens (tertiary/aromatic N) is 1. The van der Waals surface area contributed by atoms with Gasteiger partial charge < -0.3 is 4.74 Å². The van der Waals surface area contributed by atoms with Gasteiger partial charge in [-0.1, -0.05) is 18.2 Å². The quantitative estimate of drug-likeness (QED) is 0.680. The smallest absolute Gasteiger partial charge is 0.275 e. The summed E-state index contributed by atoms with van der Waals surface area (Å²) in [5, 5.41) is 0.238. The number of para-hydroxylation sites is 1. The van der Waals surface area contributed by atoms with Crippen molar-refractivity contribution in [2.24, 2.45) is 0 Å². The fraction of sp³-hybridized carbons (Fsp3) is 0.273. The van der Waals surface area contributed by atoms with Gasteiger partial charge in [0.1, 0.15) is 0 Å². The lowest BCUT2D eigenvalue weighted by Gasteiger charge is -2.15. The Morgan fingerprint density at radius 3 is 2.60 bits per heavy atom. The van der Waals surface area contributed by atoms with Crippen LogP contribution >= 0.6 is 12.2 Å². The summed E-state index contributed by atoms with van der Waals surface area (Å²) in [7, 11) is 0. The summed E-state index contributed by atoms with van der Waals surface area (Å²) in [5.74, 6) is -0.102. The Morgan fingerprint density at radius 2 is 2.07 bits per heavy atom. The highest BCUT2D eigenvalue weighted by atomic mass is 32.1. The van der Waals surface area contributed by atoms with Crippen LogP contribution in [0.1, 0.15) is 12.5 Å². The van der Waals surface area contributed by atoms with Gasteiger partial charge in [0, 0.05) is 0 Å². The summed E-state index contributed by atoms with van der Waals surface area (Å²) in [6, 6.07) is 7.60. The maximum Gasteiger partial charge on any atom is 0.275 e. The molecule has 0 spiro atoms. The number of hydrogen-bond acceptors (Lipinski definition) is 3. The number of anilines is 1. The van der Waals surface area contributed by atoms with E-state index in [1.807, 2.05) is 31.2 Å². The minimum atomic E-state index is -0.475. The minimum Gasteiger partial charge on any atom is -0.457 e. The third-order valence-electron chi connectivity index (χ3n) is 2.38. The van der Waals surface area contributed by atoms with Crippen LogP contribution in [0.5, 0.6) is 0 Å². The lowest BCUT2D eigenvalue weighted by atomic mass is 10.2. The molecular formula is C11H11NO2S. The molecule has 1 saturated heterocycles. The zero-order valence-electron chi connectivity index (χ0n) is 8.56. The van der Waals surface area contributed by atoms with Gasteiger partial charge in [-0.3, -0.25) is 4.79 Å². The van der Waals surface area contributed by atoms with Gasteiger partial charge in [0.15, 0.2) is 6.10 Å². The molecule has 1 unspecified atom stereocenters. The first-order valence-corrected chi connectivity index (χ1v) is 5.12. The highest BCUT2D eigenvalue weighted by molar-refractivity contribution is 7.80. The molecule has 1 aliphatic rings. The van der Waals surface area contributed by atoms with Gasteiger partial charge in [-0.05, 0) is 37.7 Å². The fourth-order valence-corrected chi connectivity index (χ4v) is 1.89. The molecule has 0 bridgehead atoms. The first-order valence-electron chi connectivity index (χ1n) is 4.71. The lowest BCUT2D eigenvalue weighted by Crippen LogP contribution is -2.30. The molecule has 1 fully saturated rings. The molecule has 0 aliphatic carbocycles. The molecule has 1 aromatic carbocycles. The molecule has 1 heterocycles. The highest BCUT2D eigenvalue weighted by Gasteiger charge is 2.36. The zero-order valence-corrected chi connectivity index (χ0v) is 9.38. The Kier molecular flexibility index (Phi) is 2.44. The van der Waals surface area contributed by atoms with E-state index in [1.54, 1.807) is 6.92 Å². The van der Waals surface area contributed by atoms with Crippen molar-refractivity contribution in [1.82, 2.24) is 0 Å². The monoisotopic (exact) mass is 221 g/mol. The molecule has 15 heavy (non-hydrogen) atoms. The number of amides is 1. The Labute approximate surface area is 93.6 Å². The second-order valence-corrected chi connectivity index (χ2v) is 3.84. The summed E-state index contributed by atoms with van der Waals surface area (Å²) in [4.78, 5) is 13.2. The molecule has 0 N–H and O–H groups in total. The lowest BCUT2D eigenvalue weighted by molar-refractivity contribution is -0.121. The van der Waals surface area contributed by atoms with E-state index in [9.17, 15) is 4.79 Å². The van der Waals surface area contributed by atoms with E-state index in [-0.39, 0.29) is 11.1 Å².